The molecule has 1 aliphatic rings. The topological polar surface area (TPSA) is 8.81 Å². The molecule has 34 heavy (non-hydrogen) atoms. The highest BCUT2D eigenvalue weighted by molar-refractivity contribution is 5.76. The number of imidazole rings is 1. The van der Waals surface area contributed by atoms with Gasteiger partial charge in [-0.1, -0.05) is 88.4 Å². The van der Waals surface area contributed by atoms with Gasteiger partial charge in [0.2, 0.25) is 6.33 Å². The quantitative estimate of drug-likeness (QED) is 0.258. The molecule has 0 saturated heterocycles. The lowest BCUT2D eigenvalue weighted by atomic mass is 9.60. The summed E-state index contributed by atoms with van der Waals surface area (Å²) < 4.78 is 4.46. The molecule has 0 spiro atoms. The molecule has 1 aromatic heterocycles. The van der Waals surface area contributed by atoms with E-state index in [0.717, 1.165) is 0 Å². The lowest BCUT2D eigenvalue weighted by molar-refractivity contribution is -0.645. The van der Waals surface area contributed by atoms with Gasteiger partial charge >= 0.3 is 0 Å². The molecule has 0 saturated carbocycles. The van der Waals surface area contributed by atoms with E-state index in [2.05, 4.69) is 141 Å². The van der Waals surface area contributed by atoms with Crippen LogP contribution in [0.5, 0.6) is 0 Å². The first-order valence-corrected chi connectivity index (χ1v) is 12.1. The van der Waals surface area contributed by atoms with Gasteiger partial charge < -0.3 is 0 Å². The van der Waals surface area contributed by atoms with E-state index in [1.807, 2.05) is 0 Å². The Morgan fingerprint density at radius 1 is 0.588 bits per heavy atom. The molecule has 0 unspecified atom stereocenters. The summed E-state index contributed by atoms with van der Waals surface area (Å²) in [5.41, 5.74) is 11.8. The second-order valence-corrected chi connectivity index (χ2v) is 10.7. The molecular formula is C32H31N2+. The summed E-state index contributed by atoms with van der Waals surface area (Å²) in [6, 6.07) is 33.5. The largest absolute Gasteiger partial charge is 0.249 e. The number of nitrogens with zero attached hydrogens (tertiary/aromatic N) is 2. The molecule has 1 heterocycles. The second-order valence-electron chi connectivity index (χ2n) is 10.7. The molecule has 0 amide bonds. The van der Waals surface area contributed by atoms with Crippen molar-refractivity contribution in [2.24, 2.45) is 7.05 Å². The van der Waals surface area contributed by atoms with Gasteiger partial charge in [0.15, 0.2) is 11.0 Å². The third-order valence-electron chi connectivity index (χ3n) is 7.91. The molecule has 0 bridgehead atoms. The van der Waals surface area contributed by atoms with Crippen molar-refractivity contribution < 1.29 is 4.57 Å². The van der Waals surface area contributed by atoms with Gasteiger partial charge in [-0.05, 0) is 63.7 Å². The van der Waals surface area contributed by atoms with Gasteiger partial charge in [-0.3, -0.25) is 0 Å². The third-order valence-corrected chi connectivity index (χ3v) is 7.91. The van der Waals surface area contributed by atoms with Crippen LogP contribution in [0.4, 0.5) is 0 Å². The van der Waals surface area contributed by atoms with Gasteiger partial charge in [-0.2, -0.15) is 4.57 Å². The number of aromatic nitrogens is 2. The maximum Gasteiger partial charge on any atom is 0.249 e. The Bertz CT molecular complexity index is 1570. The van der Waals surface area contributed by atoms with Crippen LogP contribution < -0.4 is 4.57 Å². The fourth-order valence-corrected chi connectivity index (χ4v) is 5.95. The number of para-hydroxylation sites is 2. The first-order valence-electron chi connectivity index (χ1n) is 12.1. The molecule has 0 aliphatic heterocycles. The Balaban J connectivity index is 1.50. The normalized spacial score (nSPS) is 15.7. The van der Waals surface area contributed by atoms with Crippen LogP contribution in [0.2, 0.25) is 0 Å². The minimum absolute atomic E-state index is 0.0133. The molecule has 0 fully saturated rings. The van der Waals surface area contributed by atoms with E-state index in [9.17, 15) is 0 Å². The second kappa shape index (κ2) is 7.17. The first kappa shape index (κ1) is 20.9. The summed E-state index contributed by atoms with van der Waals surface area (Å²) in [5, 5.41) is 0. The minimum atomic E-state index is -0.0422. The van der Waals surface area contributed by atoms with Crippen LogP contribution in [-0.2, 0) is 17.9 Å². The van der Waals surface area contributed by atoms with Crippen molar-refractivity contribution in [1.82, 2.24) is 4.57 Å². The van der Waals surface area contributed by atoms with Crippen molar-refractivity contribution in [2.45, 2.75) is 38.5 Å². The molecule has 0 N–H and O–H groups in total. The number of hydrogen-bond donors (Lipinski definition) is 0. The van der Waals surface area contributed by atoms with Crippen LogP contribution in [0.3, 0.4) is 0 Å². The van der Waals surface area contributed by atoms with Crippen molar-refractivity contribution in [1.29, 1.82) is 0 Å². The van der Waals surface area contributed by atoms with Crippen LogP contribution in [0.25, 0.3) is 27.8 Å². The van der Waals surface area contributed by atoms with Crippen LogP contribution in [0.1, 0.15) is 49.9 Å². The fourth-order valence-electron chi connectivity index (χ4n) is 5.95. The van der Waals surface area contributed by atoms with Crippen LogP contribution in [-0.4, -0.2) is 4.57 Å². The molecule has 0 radical (unpaired) electrons. The Kier molecular flexibility index (Phi) is 4.41. The lowest BCUT2D eigenvalue weighted by Crippen LogP contribution is -2.36. The Labute approximate surface area is 202 Å². The van der Waals surface area contributed by atoms with Gasteiger partial charge in [0.1, 0.15) is 5.69 Å². The van der Waals surface area contributed by atoms with Gasteiger partial charge in [-0.25, -0.2) is 4.57 Å². The molecule has 2 nitrogen and oxygen atoms in total. The highest BCUT2D eigenvalue weighted by atomic mass is 15.1. The fraction of sp³-hybridized carbons (Fsp3) is 0.219. The van der Waals surface area contributed by atoms with E-state index in [1.54, 1.807) is 0 Å². The molecule has 168 valence electrons. The number of aryl methyl sites for hydroxylation is 1. The number of rotatable bonds is 2. The molecule has 0 atom stereocenters. The predicted octanol–water partition coefficient (Wildman–Crippen LogP) is 7.09. The number of hydrogen-bond acceptors (Lipinski definition) is 0. The van der Waals surface area contributed by atoms with E-state index in [1.165, 1.54) is 50.1 Å². The minimum Gasteiger partial charge on any atom is -0.232 e. The summed E-state index contributed by atoms with van der Waals surface area (Å²) in [5.74, 6) is 0. The standard InChI is InChI=1S/C32H31N2/c1-31(2)25-13-6-7-14-26(25)32(3,4)28-20-23(17-18-27(28)31)22-11-10-12-24(19-22)34-21-33(5)29-15-8-9-16-30(29)34/h6-21H,1-5H3/q+1. The maximum atomic E-state index is 2.43. The average Bonchev–Trinajstić information content (AvgIpc) is 3.20. The zero-order valence-electron chi connectivity index (χ0n) is 20.6. The van der Waals surface area contributed by atoms with Gasteiger partial charge in [-0.15, -0.1) is 0 Å². The van der Waals surface area contributed by atoms with Gasteiger partial charge in [0.05, 0.1) is 7.05 Å². The Hall–Kier alpha value is -3.65. The molecule has 1 aliphatic carbocycles. The molecule has 4 aromatic carbocycles. The molecular weight excluding hydrogens is 412 g/mol. The van der Waals surface area contributed by atoms with Crippen molar-refractivity contribution in [3.8, 4) is 16.8 Å². The van der Waals surface area contributed by atoms with Crippen LogP contribution >= 0.6 is 0 Å². The Morgan fingerprint density at radius 3 is 1.97 bits per heavy atom. The highest BCUT2D eigenvalue weighted by Crippen LogP contribution is 2.50. The van der Waals surface area contributed by atoms with Crippen molar-refractivity contribution in [3.05, 3.63) is 120 Å². The number of benzene rings is 4. The van der Waals surface area contributed by atoms with Crippen molar-refractivity contribution >= 4 is 11.0 Å². The summed E-state index contributed by atoms with van der Waals surface area (Å²) >= 11 is 0. The molecule has 5 aromatic rings. The summed E-state index contributed by atoms with van der Waals surface area (Å²) in [4.78, 5) is 0. The van der Waals surface area contributed by atoms with Crippen molar-refractivity contribution in [2.75, 3.05) is 0 Å². The smallest absolute Gasteiger partial charge is 0.232 e. The van der Waals surface area contributed by atoms with E-state index in [4.69, 9.17) is 0 Å². The maximum absolute atomic E-state index is 2.43. The Morgan fingerprint density at radius 2 is 1.21 bits per heavy atom. The molecule has 2 heteroatoms. The highest BCUT2D eigenvalue weighted by Gasteiger charge is 2.41. The van der Waals surface area contributed by atoms with E-state index < -0.39 is 0 Å². The lowest BCUT2D eigenvalue weighted by Gasteiger charge is -2.44. The van der Waals surface area contributed by atoms with Crippen LogP contribution in [0, 0.1) is 0 Å². The summed E-state index contributed by atoms with van der Waals surface area (Å²) in [7, 11) is 2.10. The van der Waals surface area contributed by atoms with Crippen LogP contribution in [0.15, 0.2) is 97.3 Å². The SMILES string of the molecule is C[n+]1cn(-c2cccc(-c3ccc4c(c3)C(C)(C)c3ccccc3C4(C)C)c2)c2ccccc21. The van der Waals surface area contributed by atoms with Crippen molar-refractivity contribution in [3.63, 3.8) is 0 Å². The average molecular weight is 444 g/mol. The zero-order chi connectivity index (χ0) is 23.7. The zero-order valence-corrected chi connectivity index (χ0v) is 20.6. The first-order chi connectivity index (χ1) is 16.3. The van der Waals surface area contributed by atoms with E-state index >= 15 is 0 Å². The third kappa shape index (κ3) is 2.91. The van der Waals surface area contributed by atoms with Gasteiger partial charge in [0, 0.05) is 10.8 Å². The monoisotopic (exact) mass is 443 g/mol. The molecule has 6 rings (SSSR count). The summed E-state index contributed by atoms with van der Waals surface area (Å²) in [6.07, 6.45) is 2.17. The summed E-state index contributed by atoms with van der Waals surface area (Å²) in [6.45, 7) is 9.45. The van der Waals surface area contributed by atoms with E-state index in [0.29, 0.717) is 0 Å². The van der Waals surface area contributed by atoms with Gasteiger partial charge in [0.25, 0.3) is 0 Å². The van der Waals surface area contributed by atoms with E-state index in [-0.39, 0.29) is 10.8 Å². The predicted molar refractivity (Wildman–Crippen MR) is 141 cm³/mol. The number of fused-ring (bicyclic) bond motifs is 3.